The third kappa shape index (κ3) is 2.30. The van der Waals surface area contributed by atoms with Crippen molar-refractivity contribution in [1.82, 2.24) is 0 Å². The van der Waals surface area contributed by atoms with E-state index in [9.17, 15) is 4.79 Å². The van der Waals surface area contributed by atoms with E-state index in [1.807, 2.05) is 25.1 Å². The van der Waals surface area contributed by atoms with Crippen LogP contribution in [0.1, 0.15) is 19.4 Å². The predicted molar refractivity (Wildman–Crippen MR) is 76.0 cm³/mol. The van der Waals surface area contributed by atoms with Gasteiger partial charge in [-0.25, -0.2) is 9.79 Å². The van der Waals surface area contributed by atoms with Gasteiger partial charge in [-0.2, -0.15) is 0 Å². The van der Waals surface area contributed by atoms with Crippen LogP contribution in [-0.4, -0.2) is 18.8 Å². The number of allylic oxidation sites excluding steroid dienone is 2. The zero-order chi connectivity index (χ0) is 14.0. The highest BCUT2D eigenvalue weighted by atomic mass is 79.9. The van der Waals surface area contributed by atoms with Crippen molar-refractivity contribution in [3.8, 4) is 0 Å². The Morgan fingerprint density at radius 1 is 1.32 bits per heavy atom. The van der Waals surface area contributed by atoms with Gasteiger partial charge in [-0.05, 0) is 29.8 Å². The predicted octanol–water partition coefficient (Wildman–Crippen LogP) is 3.13. The first-order valence-electron chi connectivity index (χ1n) is 5.77. The number of hydrogen-bond acceptors (Lipinski definition) is 4. The highest BCUT2D eigenvalue weighted by Gasteiger charge is 2.46. The Labute approximate surface area is 120 Å². The molecule has 0 spiro atoms. The third-order valence-corrected chi connectivity index (χ3v) is 4.01. The van der Waals surface area contributed by atoms with Gasteiger partial charge in [-0.15, -0.1) is 0 Å². The highest BCUT2D eigenvalue weighted by Crippen LogP contribution is 2.37. The van der Waals surface area contributed by atoms with Crippen molar-refractivity contribution in [3.05, 3.63) is 46.1 Å². The summed E-state index contributed by atoms with van der Waals surface area (Å²) in [6.45, 7) is 3.60. The van der Waals surface area contributed by atoms with Crippen LogP contribution in [0.25, 0.3) is 0 Å². The molecule has 0 aromatic heterocycles. The zero-order valence-electron chi connectivity index (χ0n) is 10.9. The van der Waals surface area contributed by atoms with Crippen molar-refractivity contribution >= 4 is 27.6 Å². The molecule has 5 heteroatoms. The molecule has 0 N–H and O–H groups in total. The second kappa shape index (κ2) is 5.17. The molecule has 1 aliphatic heterocycles. The van der Waals surface area contributed by atoms with E-state index in [1.54, 1.807) is 19.1 Å². The van der Waals surface area contributed by atoms with E-state index in [0.717, 1.165) is 4.48 Å². The number of carbonyl (C=O) groups excluding carboxylic acids is 1. The molecule has 1 unspecified atom stereocenters. The van der Waals surface area contributed by atoms with Crippen LogP contribution in [0.3, 0.4) is 0 Å². The summed E-state index contributed by atoms with van der Waals surface area (Å²) in [7, 11) is 1.32. The van der Waals surface area contributed by atoms with E-state index in [2.05, 4.69) is 20.9 Å². The van der Waals surface area contributed by atoms with Crippen LogP contribution >= 0.6 is 15.9 Å². The van der Waals surface area contributed by atoms with E-state index in [-0.39, 0.29) is 0 Å². The van der Waals surface area contributed by atoms with E-state index in [1.165, 1.54) is 7.11 Å². The Hall–Kier alpha value is -1.62. The Balaban J connectivity index is 2.60. The zero-order valence-corrected chi connectivity index (χ0v) is 12.5. The molecule has 0 saturated heterocycles. The van der Waals surface area contributed by atoms with E-state index in [4.69, 9.17) is 9.47 Å². The minimum absolute atomic E-state index is 0.544. The molecule has 0 saturated carbocycles. The number of rotatable bonds is 2. The number of halogens is 1. The molecular formula is C14H14BrNO3. The number of methoxy groups -OCH3 is 1. The highest BCUT2D eigenvalue weighted by molar-refractivity contribution is 9.12. The smallest absolute Gasteiger partial charge is 0.379 e. The van der Waals surface area contributed by atoms with Gasteiger partial charge >= 0.3 is 11.7 Å². The van der Waals surface area contributed by atoms with Crippen LogP contribution < -0.4 is 0 Å². The molecule has 0 radical (unpaired) electrons. The summed E-state index contributed by atoms with van der Waals surface area (Å²) < 4.78 is 11.4. The summed E-state index contributed by atoms with van der Waals surface area (Å²) in [5.41, 5.74) is -0.125. The Bertz CT molecular complexity index is 565. The number of hydrogen-bond donors (Lipinski definition) is 0. The first-order chi connectivity index (χ1) is 9.01. The minimum atomic E-state index is -1.46. The summed E-state index contributed by atoms with van der Waals surface area (Å²) in [5.74, 6) is 0.0548. The van der Waals surface area contributed by atoms with Gasteiger partial charge in [0.05, 0.1) is 17.3 Å². The number of ether oxygens (including phenoxy) is 2. The molecule has 1 atom stereocenters. The molecule has 1 aromatic rings. The number of esters is 1. The van der Waals surface area contributed by atoms with Crippen molar-refractivity contribution in [2.24, 2.45) is 4.99 Å². The van der Waals surface area contributed by atoms with Crippen LogP contribution in [0.5, 0.6) is 0 Å². The average molecular weight is 324 g/mol. The lowest BCUT2D eigenvalue weighted by molar-refractivity contribution is -0.165. The fraction of sp³-hybridized carbons (Fsp3) is 0.286. The summed E-state index contributed by atoms with van der Waals surface area (Å²) in [6, 6.07) is 9.11. The van der Waals surface area contributed by atoms with Crippen molar-refractivity contribution in [2.45, 2.75) is 19.6 Å². The van der Waals surface area contributed by atoms with Crippen LogP contribution in [0.4, 0.5) is 0 Å². The van der Waals surface area contributed by atoms with Gasteiger partial charge < -0.3 is 9.47 Å². The summed E-state index contributed by atoms with van der Waals surface area (Å²) >= 11 is 3.39. The lowest BCUT2D eigenvalue weighted by Gasteiger charge is -2.32. The molecule has 19 heavy (non-hydrogen) atoms. The quantitative estimate of drug-likeness (QED) is 0.785. The fourth-order valence-corrected chi connectivity index (χ4v) is 2.13. The minimum Gasteiger partial charge on any atom is -0.464 e. The summed E-state index contributed by atoms with van der Waals surface area (Å²) in [4.78, 5) is 16.6. The van der Waals surface area contributed by atoms with Crippen molar-refractivity contribution in [2.75, 3.05) is 7.11 Å². The maximum atomic E-state index is 12.2. The maximum Gasteiger partial charge on any atom is 0.379 e. The topological polar surface area (TPSA) is 47.9 Å². The van der Waals surface area contributed by atoms with E-state index < -0.39 is 11.7 Å². The third-order valence-electron chi connectivity index (χ3n) is 2.88. The van der Waals surface area contributed by atoms with E-state index >= 15 is 0 Å². The SMILES string of the molecule is COC(=O)C1(c2ccccc2)N=C(C)C(Br)=C(C)O1. The van der Waals surface area contributed by atoms with Gasteiger partial charge in [-0.3, -0.25) is 0 Å². The molecule has 0 fully saturated rings. The van der Waals surface area contributed by atoms with Gasteiger partial charge in [-0.1, -0.05) is 30.3 Å². The van der Waals surface area contributed by atoms with Gasteiger partial charge in [0.25, 0.3) is 0 Å². The van der Waals surface area contributed by atoms with Crippen LogP contribution in [0, 0.1) is 0 Å². The molecule has 0 bridgehead atoms. The Morgan fingerprint density at radius 3 is 2.47 bits per heavy atom. The number of aliphatic imine (C=N–C) groups is 1. The Morgan fingerprint density at radius 2 is 1.95 bits per heavy atom. The maximum absolute atomic E-state index is 12.2. The molecule has 2 rings (SSSR count). The molecule has 1 aliphatic rings. The molecule has 1 aromatic carbocycles. The van der Waals surface area contributed by atoms with Gasteiger partial charge in [0.15, 0.2) is 0 Å². The summed E-state index contributed by atoms with van der Waals surface area (Å²) in [6.07, 6.45) is 0. The molecule has 4 nitrogen and oxygen atoms in total. The van der Waals surface area contributed by atoms with Gasteiger partial charge in [0.1, 0.15) is 5.76 Å². The lowest BCUT2D eigenvalue weighted by Crippen LogP contribution is -2.40. The first-order valence-corrected chi connectivity index (χ1v) is 6.56. The molecule has 100 valence electrons. The lowest BCUT2D eigenvalue weighted by atomic mass is 10.0. The standard InChI is InChI=1S/C14H14BrNO3/c1-9-12(15)10(2)19-14(16-9,13(17)18-3)11-7-5-4-6-8-11/h4-8H,1-3H3. The van der Waals surface area contributed by atoms with Gasteiger partial charge in [0.2, 0.25) is 0 Å². The van der Waals surface area contributed by atoms with Crippen molar-refractivity contribution in [3.63, 3.8) is 0 Å². The molecular weight excluding hydrogens is 310 g/mol. The van der Waals surface area contributed by atoms with Crippen LogP contribution in [-0.2, 0) is 20.0 Å². The average Bonchev–Trinajstić information content (AvgIpc) is 2.44. The summed E-state index contributed by atoms with van der Waals surface area (Å²) in [5, 5.41) is 0. The first kappa shape index (κ1) is 13.8. The number of benzene rings is 1. The van der Waals surface area contributed by atoms with Crippen molar-refractivity contribution in [1.29, 1.82) is 0 Å². The normalized spacial score (nSPS) is 22.6. The molecule has 0 amide bonds. The van der Waals surface area contributed by atoms with Gasteiger partial charge in [0, 0.05) is 5.56 Å². The van der Waals surface area contributed by atoms with Crippen LogP contribution in [0.15, 0.2) is 45.6 Å². The second-order valence-corrected chi connectivity index (χ2v) is 4.96. The number of carbonyl (C=O) groups is 1. The van der Waals surface area contributed by atoms with Crippen molar-refractivity contribution < 1.29 is 14.3 Å². The largest absolute Gasteiger partial charge is 0.464 e. The van der Waals surface area contributed by atoms with Crippen LogP contribution in [0.2, 0.25) is 0 Å². The molecule has 0 aliphatic carbocycles. The molecule has 1 heterocycles. The monoisotopic (exact) mass is 323 g/mol. The number of nitrogens with zero attached hydrogens (tertiary/aromatic N) is 1. The fourth-order valence-electron chi connectivity index (χ4n) is 1.96. The second-order valence-electron chi connectivity index (χ2n) is 4.17. The van der Waals surface area contributed by atoms with E-state index in [0.29, 0.717) is 17.0 Å². The Kier molecular flexibility index (Phi) is 3.75.